The molecule has 0 atom stereocenters. The summed E-state index contributed by atoms with van der Waals surface area (Å²) in [6.07, 6.45) is 0. The molecule has 2 aromatic rings. The Kier molecular flexibility index (Phi) is 3.41. The van der Waals surface area contributed by atoms with Crippen molar-refractivity contribution in [1.82, 2.24) is 0 Å². The molecule has 0 aliphatic heterocycles. The predicted molar refractivity (Wildman–Crippen MR) is 66.9 cm³/mol. The number of hydrogen-bond acceptors (Lipinski definition) is 4. The molecule has 0 bridgehead atoms. The van der Waals surface area contributed by atoms with Crippen LogP contribution in [0.1, 0.15) is 6.92 Å². The summed E-state index contributed by atoms with van der Waals surface area (Å²) in [4.78, 5) is 11.2. The van der Waals surface area contributed by atoms with Crippen molar-refractivity contribution in [2.75, 3.05) is 18.5 Å². The van der Waals surface area contributed by atoms with Crippen LogP contribution in [0.2, 0.25) is 0 Å². The molecule has 0 spiro atoms. The smallest absolute Gasteiger partial charge is 0.325 e. The van der Waals surface area contributed by atoms with Gasteiger partial charge >= 0.3 is 5.97 Å². The van der Waals surface area contributed by atoms with Gasteiger partial charge in [0.05, 0.1) is 12.3 Å². The molecule has 84 valence electrons. The third-order valence-electron chi connectivity index (χ3n) is 2.21. The molecule has 0 fully saturated rings. The minimum Gasteiger partial charge on any atom is -0.465 e. The molecular weight excluding hydrogens is 222 g/mol. The highest BCUT2D eigenvalue weighted by molar-refractivity contribution is 7.17. The van der Waals surface area contributed by atoms with Gasteiger partial charge in [-0.25, -0.2) is 0 Å². The summed E-state index contributed by atoms with van der Waals surface area (Å²) in [5.74, 6) is -0.224. The van der Waals surface area contributed by atoms with E-state index in [9.17, 15) is 4.79 Å². The van der Waals surface area contributed by atoms with E-state index in [-0.39, 0.29) is 12.5 Å². The van der Waals surface area contributed by atoms with Gasteiger partial charge in [-0.1, -0.05) is 18.2 Å². The van der Waals surface area contributed by atoms with Crippen LogP contribution in [-0.4, -0.2) is 19.1 Å². The minimum absolute atomic E-state index is 0.217. The Morgan fingerprint density at radius 2 is 2.25 bits per heavy atom. The zero-order valence-corrected chi connectivity index (χ0v) is 9.84. The second-order valence-electron chi connectivity index (χ2n) is 3.30. The van der Waals surface area contributed by atoms with Crippen molar-refractivity contribution in [3.05, 3.63) is 29.6 Å². The van der Waals surface area contributed by atoms with Crippen LogP contribution in [0.15, 0.2) is 29.6 Å². The van der Waals surface area contributed by atoms with E-state index in [4.69, 9.17) is 4.74 Å². The minimum atomic E-state index is -0.224. The molecule has 0 aliphatic rings. The van der Waals surface area contributed by atoms with Gasteiger partial charge in [0.15, 0.2) is 0 Å². The fourth-order valence-corrected chi connectivity index (χ4v) is 2.41. The molecule has 0 aliphatic carbocycles. The van der Waals surface area contributed by atoms with E-state index < -0.39 is 0 Å². The van der Waals surface area contributed by atoms with Crippen LogP contribution in [-0.2, 0) is 9.53 Å². The molecule has 0 radical (unpaired) electrons. The molecule has 2 rings (SSSR count). The Balaban J connectivity index is 2.07. The van der Waals surface area contributed by atoms with Crippen LogP contribution >= 0.6 is 11.3 Å². The zero-order valence-electron chi connectivity index (χ0n) is 9.03. The number of benzene rings is 1. The van der Waals surface area contributed by atoms with E-state index in [1.165, 1.54) is 4.70 Å². The highest BCUT2D eigenvalue weighted by Crippen LogP contribution is 2.29. The lowest BCUT2D eigenvalue weighted by atomic mass is 10.2. The number of anilines is 1. The van der Waals surface area contributed by atoms with Crippen molar-refractivity contribution < 1.29 is 9.53 Å². The van der Waals surface area contributed by atoms with Crippen molar-refractivity contribution >= 4 is 33.1 Å². The lowest BCUT2D eigenvalue weighted by molar-refractivity contribution is -0.140. The van der Waals surface area contributed by atoms with Crippen LogP contribution < -0.4 is 5.32 Å². The summed E-state index contributed by atoms with van der Waals surface area (Å²) in [6, 6.07) is 8.10. The monoisotopic (exact) mass is 235 g/mol. The summed E-state index contributed by atoms with van der Waals surface area (Å²) >= 11 is 1.66. The van der Waals surface area contributed by atoms with E-state index in [1.54, 1.807) is 18.3 Å². The number of rotatable bonds is 4. The Hall–Kier alpha value is -1.55. The van der Waals surface area contributed by atoms with Gasteiger partial charge in [-0.15, -0.1) is 11.3 Å². The Bertz CT molecular complexity index is 492. The number of thiophene rings is 1. The van der Waals surface area contributed by atoms with E-state index >= 15 is 0 Å². The molecule has 0 saturated heterocycles. The first-order valence-corrected chi connectivity index (χ1v) is 6.05. The highest BCUT2D eigenvalue weighted by atomic mass is 32.1. The summed E-state index contributed by atoms with van der Waals surface area (Å²) in [7, 11) is 0. The van der Waals surface area contributed by atoms with Crippen LogP contribution in [0.3, 0.4) is 0 Å². The fraction of sp³-hybridized carbons (Fsp3) is 0.250. The van der Waals surface area contributed by atoms with Gasteiger partial charge in [-0.3, -0.25) is 4.79 Å². The van der Waals surface area contributed by atoms with E-state index in [2.05, 4.69) is 11.4 Å². The molecule has 1 aromatic carbocycles. The lowest BCUT2D eigenvalue weighted by Crippen LogP contribution is -2.16. The van der Waals surface area contributed by atoms with Gasteiger partial charge in [0.25, 0.3) is 0 Å². The maximum atomic E-state index is 11.2. The molecule has 4 heteroatoms. The molecule has 1 N–H and O–H groups in total. The van der Waals surface area contributed by atoms with Gasteiger partial charge in [-0.2, -0.15) is 0 Å². The maximum Gasteiger partial charge on any atom is 0.325 e. The number of carbonyl (C=O) groups excluding carboxylic acids is 1. The van der Waals surface area contributed by atoms with Gasteiger partial charge in [0, 0.05) is 15.5 Å². The normalized spacial score (nSPS) is 10.3. The number of ether oxygens (including phenoxy) is 1. The summed E-state index contributed by atoms with van der Waals surface area (Å²) in [5.41, 5.74) is 0.994. The van der Waals surface area contributed by atoms with Crippen LogP contribution in [0, 0.1) is 0 Å². The predicted octanol–water partition coefficient (Wildman–Crippen LogP) is 2.88. The first-order valence-electron chi connectivity index (χ1n) is 5.17. The number of fused-ring (bicyclic) bond motifs is 1. The molecule has 0 saturated carbocycles. The summed E-state index contributed by atoms with van der Waals surface area (Å²) in [5, 5.41) is 6.26. The van der Waals surface area contributed by atoms with Crippen molar-refractivity contribution in [1.29, 1.82) is 0 Å². The highest BCUT2D eigenvalue weighted by Gasteiger charge is 2.05. The van der Waals surface area contributed by atoms with Gasteiger partial charge in [-0.05, 0) is 13.0 Å². The zero-order chi connectivity index (χ0) is 11.4. The van der Waals surface area contributed by atoms with Crippen molar-refractivity contribution in [3.8, 4) is 0 Å². The van der Waals surface area contributed by atoms with Crippen LogP contribution in [0.25, 0.3) is 10.1 Å². The quantitative estimate of drug-likeness (QED) is 0.828. The van der Waals surface area contributed by atoms with E-state index in [1.807, 2.05) is 23.6 Å². The van der Waals surface area contributed by atoms with Crippen molar-refractivity contribution in [3.63, 3.8) is 0 Å². The molecule has 1 heterocycles. The Morgan fingerprint density at radius 3 is 3.06 bits per heavy atom. The van der Waals surface area contributed by atoms with Gasteiger partial charge in [0.1, 0.15) is 6.54 Å². The average Bonchev–Trinajstić information content (AvgIpc) is 2.70. The average molecular weight is 235 g/mol. The third-order valence-corrected chi connectivity index (χ3v) is 3.17. The standard InChI is InChI=1S/C12H13NO2S/c1-2-15-12(14)7-13-10-8-16-11-6-4-3-5-9(10)11/h3-6,8,13H,2,7H2,1H3. The van der Waals surface area contributed by atoms with Crippen LogP contribution in [0.4, 0.5) is 5.69 Å². The van der Waals surface area contributed by atoms with Gasteiger partial charge in [0.2, 0.25) is 0 Å². The topological polar surface area (TPSA) is 38.3 Å². The summed E-state index contributed by atoms with van der Waals surface area (Å²) in [6.45, 7) is 2.44. The maximum absolute atomic E-state index is 11.2. The van der Waals surface area contributed by atoms with E-state index in [0.717, 1.165) is 11.1 Å². The fourth-order valence-electron chi connectivity index (χ4n) is 1.49. The van der Waals surface area contributed by atoms with E-state index in [0.29, 0.717) is 6.61 Å². The molecular formula is C12H13NO2S. The Morgan fingerprint density at radius 1 is 1.44 bits per heavy atom. The first kappa shape index (κ1) is 11.0. The second kappa shape index (κ2) is 4.99. The lowest BCUT2D eigenvalue weighted by Gasteiger charge is -2.04. The number of nitrogens with one attached hydrogen (secondary N) is 1. The molecule has 3 nitrogen and oxygen atoms in total. The van der Waals surface area contributed by atoms with Crippen molar-refractivity contribution in [2.45, 2.75) is 6.92 Å². The SMILES string of the molecule is CCOC(=O)CNc1csc2ccccc12. The largest absolute Gasteiger partial charge is 0.465 e. The Labute approximate surface area is 98.0 Å². The summed E-state index contributed by atoms with van der Waals surface area (Å²) < 4.78 is 6.07. The number of carbonyl (C=O) groups is 1. The van der Waals surface area contributed by atoms with Gasteiger partial charge < -0.3 is 10.1 Å². The van der Waals surface area contributed by atoms with Crippen LogP contribution in [0.5, 0.6) is 0 Å². The number of hydrogen-bond donors (Lipinski definition) is 1. The molecule has 0 unspecified atom stereocenters. The third kappa shape index (κ3) is 2.33. The first-order chi connectivity index (χ1) is 7.81. The molecule has 1 aromatic heterocycles. The van der Waals surface area contributed by atoms with Crippen molar-refractivity contribution in [2.24, 2.45) is 0 Å². The second-order valence-corrected chi connectivity index (χ2v) is 4.22. The molecule has 0 amide bonds. The number of esters is 1. The molecule has 16 heavy (non-hydrogen) atoms.